The highest BCUT2D eigenvalue weighted by molar-refractivity contribution is 9.11. The van der Waals surface area contributed by atoms with Gasteiger partial charge in [-0.05, 0) is 28.4 Å². The van der Waals surface area contributed by atoms with Gasteiger partial charge in [-0.1, -0.05) is 6.92 Å². The fraction of sp³-hybridized carbons (Fsp3) is 0.333. The number of nitrogens with zero attached hydrogens (tertiary/aromatic N) is 3. The van der Waals surface area contributed by atoms with Crippen LogP contribution in [0, 0.1) is 0 Å². The molecule has 0 aromatic carbocycles. The molecule has 5 heteroatoms. The molecule has 3 nitrogen and oxygen atoms in total. The van der Waals surface area contributed by atoms with Crippen LogP contribution in [0.25, 0.3) is 11.4 Å². The van der Waals surface area contributed by atoms with E-state index < -0.39 is 0 Å². The lowest BCUT2D eigenvalue weighted by atomic mass is 10.3. The molecule has 74 valence electrons. The first kappa shape index (κ1) is 9.86. The molecular formula is C9H10BrN3S. The lowest BCUT2D eigenvalue weighted by Crippen LogP contribution is -1.97. The predicted octanol–water partition coefficient (Wildman–Crippen LogP) is 3.18. The van der Waals surface area contributed by atoms with Crippen molar-refractivity contribution in [1.29, 1.82) is 0 Å². The third-order valence-electron chi connectivity index (χ3n) is 1.91. The summed E-state index contributed by atoms with van der Waals surface area (Å²) in [4.78, 5) is 0. The van der Waals surface area contributed by atoms with E-state index in [1.165, 1.54) is 0 Å². The van der Waals surface area contributed by atoms with Crippen LogP contribution in [0.3, 0.4) is 0 Å². The third kappa shape index (κ3) is 1.88. The Morgan fingerprint density at radius 2 is 2.43 bits per heavy atom. The van der Waals surface area contributed by atoms with E-state index >= 15 is 0 Å². The monoisotopic (exact) mass is 271 g/mol. The van der Waals surface area contributed by atoms with E-state index in [1.54, 1.807) is 17.7 Å². The fourth-order valence-corrected chi connectivity index (χ4v) is 2.45. The SMILES string of the molecule is CCCn1cnnc1-c1csc(Br)c1. The summed E-state index contributed by atoms with van der Waals surface area (Å²) in [7, 11) is 0. The van der Waals surface area contributed by atoms with Gasteiger partial charge in [0, 0.05) is 17.5 Å². The summed E-state index contributed by atoms with van der Waals surface area (Å²) in [6.45, 7) is 3.11. The van der Waals surface area contributed by atoms with Crippen molar-refractivity contribution >= 4 is 27.3 Å². The number of aromatic nitrogens is 3. The van der Waals surface area contributed by atoms with Crippen molar-refractivity contribution < 1.29 is 0 Å². The Kier molecular flexibility index (Phi) is 2.98. The Hall–Kier alpha value is -0.680. The maximum absolute atomic E-state index is 4.12. The van der Waals surface area contributed by atoms with Gasteiger partial charge < -0.3 is 4.57 Å². The summed E-state index contributed by atoms with van der Waals surface area (Å²) in [6.07, 6.45) is 2.88. The maximum Gasteiger partial charge on any atom is 0.164 e. The van der Waals surface area contributed by atoms with Gasteiger partial charge in [0.05, 0.1) is 3.79 Å². The van der Waals surface area contributed by atoms with E-state index in [0.717, 1.165) is 28.1 Å². The third-order valence-corrected chi connectivity index (χ3v) is 3.41. The Morgan fingerprint density at radius 3 is 3.07 bits per heavy atom. The molecule has 2 aromatic rings. The van der Waals surface area contributed by atoms with Gasteiger partial charge in [-0.25, -0.2) is 0 Å². The van der Waals surface area contributed by atoms with Crippen molar-refractivity contribution in [3.63, 3.8) is 0 Å². The van der Waals surface area contributed by atoms with E-state index in [2.05, 4.69) is 49.1 Å². The lowest BCUT2D eigenvalue weighted by Gasteiger charge is -2.01. The van der Waals surface area contributed by atoms with Crippen LogP contribution in [0.5, 0.6) is 0 Å². The molecule has 0 saturated heterocycles. The van der Waals surface area contributed by atoms with Gasteiger partial charge in [0.1, 0.15) is 6.33 Å². The van der Waals surface area contributed by atoms with Gasteiger partial charge in [-0.2, -0.15) is 0 Å². The second kappa shape index (κ2) is 4.23. The molecule has 2 aromatic heterocycles. The summed E-state index contributed by atoms with van der Waals surface area (Å²) < 4.78 is 3.20. The highest BCUT2D eigenvalue weighted by Gasteiger charge is 2.07. The molecule has 0 bridgehead atoms. The number of aryl methyl sites for hydroxylation is 1. The molecule has 2 rings (SSSR count). The van der Waals surface area contributed by atoms with Crippen LogP contribution >= 0.6 is 27.3 Å². The Morgan fingerprint density at radius 1 is 1.57 bits per heavy atom. The van der Waals surface area contributed by atoms with Gasteiger partial charge in [-0.15, -0.1) is 21.5 Å². The number of halogens is 1. The zero-order valence-electron chi connectivity index (χ0n) is 7.77. The zero-order chi connectivity index (χ0) is 9.97. The van der Waals surface area contributed by atoms with Crippen LogP contribution in [0.1, 0.15) is 13.3 Å². The smallest absolute Gasteiger partial charge is 0.164 e. The van der Waals surface area contributed by atoms with Crippen molar-refractivity contribution in [3.05, 3.63) is 21.6 Å². The number of thiophene rings is 1. The molecule has 0 unspecified atom stereocenters. The largest absolute Gasteiger partial charge is 0.314 e. The summed E-state index contributed by atoms with van der Waals surface area (Å²) >= 11 is 5.11. The maximum atomic E-state index is 4.12. The van der Waals surface area contributed by atoms with Gasteiger partial charge in [-0.3, -0.25) is 0 Å². The van der Waals surface area contributed by atoms with Crippen LogP contribution in [0.4, 0.5) is 0 Å². The predicted molar refractivity (Wildman–Crippen MR) is 61.3 cm³/mol. The number of hydrogen-bond acceptors (Lipinski definition) is 3. The van der Waals surface area contributed by atoms with Gasteiger partial charge in [0.15, 0.2) is 5.82 Å². The molecule has 0 radical (unpaired) electrons. The second-order valence-corrected chi connectivity index (χ2v) is 5.28. The molecule has 0 spiro atoms. The molecule has 14 heavy (non-hydrogen) atoms. The Bertz CT molecular complexity index is 421. The lowest BCUT2D eigenvalue weighted by molar-refractivity contribution is 0.683. The fourth-order valence-electron chi connectivity index (χ4n) is 1.31. The molecular weight excluding hydrogens is 262 g/mol. The first-order valence-electron chi connectivity index (χ1n) is 4.43. The average molecular weight is 272 g/mol. The van der Waals surface area contributed by atoms with Crippen molar-refractivity contribution in [2.24, 2.45) is 0 Å². The summed E-state index contributed by atoms with van der Waals surface area (Å²) in [6, 6.07) is 2.07. The van der Waals surface area contributed by atoms with E-state index in [-0.39, 0.29) is 0 Å². The van der Waals surface area contributed by atoms with Crippen molar-refractivity contribution in [2.45, 2.75) is 19.9 Å². The Labute approximate surface area is 94.9 Å². The molecule has 0 aliphatic rings. The van der Waals surface area contributed by atoms with Crippen LogP contribution < -0.4 is 0 Å². The molecule has 0 aliphatic carbocycles. The van der Waals surface area contributed by atoms with Crippen molar-refractivity contribution in [2.75, 3.05) is 0 Å². The van der Waals surface area contributed by atoms with Crippen LogP contribution in [0.15, 0.2) is 21.6 Å². The molecule has 0 amide bonds. The van der Waals surface area contributed by atoms with Gasteiger partial charge >= 0.3 is 0 Å². The van der Waals surface area contributed by atoms with E-state index in [1.807, 2.05) is 0 Å². The minimum Gasteiger partial charge on any atom is -0.314 e. The first-order valence-corrected chi connectivity index (χ1v) is 6.10. The minimum atomic E-state index is 0.953. The number of hydrogen-bond donors (Lipinski definition) is 0. The van der Waals surface area contributed by atoms with Gasteiger partial charge in [0.2, 0.25) is 0 Å². The van der Waals surface area contributed by atoms with E-state index in [4.69, 9.17) is 0 Å². The van der Waals surface area contributed by atoms with Gasteiger partial charge in [0.25, 0.3) is 0 Å². The van der Waals surface area contributed by atoms with E-state index in [9.17, 15) is 0 Å². The highest BCUT2D eigenvalue weighted by atomic mass is 79.9. The second-order valence-electron chi connectivity index (χ2n) is 2.99. The molecule has 0 saturated carbocycles. The quantitative estimate of drug-likeness (QED) is 0.859. The van der Waals surface area contributed by atoms with Crippen LogP contribution in [-0.4, -0.2) is 14.8 Å². The first-order chi connectivity index (χ1) is 6.81. The summed E-state index contributed by atoms with van der Waals surface area (Å²) in [5.41, 5.74) is 1.13. The standard InChI is InChI=1S/C9H10BrN3S/c1-2-3-13-6-11-12-9(13)7-4-8(10)14-5-7/h4-6H,2-3H2,1H3. The topological polar surface area (TPSA) is 30.7 Å². The van der Waals surface area contributed by atoms with Crippen molar-refractivity contribution in [3.8, 4) is 11.4 Å². The molecule has 0 aliphatic heterocycles. The minimum absolute atomic E-state index is 0.953. The highest BCUT2D eigenvalue weighted by Crippen LogP contribution is 2.27. The average Bonchev–Trinajstić information content (AvgIpc) is 2.74. The molecule has 0 atom stereocenters. The van der Waals surface area contributed by atoms with Crippen LogP contribution in [0.2, 0.25) is 0 Å². The normalized spacial score (nSPS) is 10.7. The molecule has 0 N–H and O–H groups in total. The van der Waals surface area contributed by atoms with E-state index in [0.29, 0.717) is 0 Å². The number of rotatable bonds is 3. The van der Waals surface area contributed by atoms with Crippen LogP contribution in [-0.2, 0) is 6.54 Å². The summed E-state index contributed by atoms with van der Waals surface area (Å²) in [5, 5.41) is 10.1. The van der Waals surface area contributed by atoms with Crippen molar-refractivity contribution in [1.82, 2.24) is 14.8 Å². The Balaban J connectivity index is 2.36. The molecule has 2 heterocycles. The zero-order valence-corrected chi connectivity index (χ0v) is 10.2. The molecule has 0 fully saturated rings. The summed E-state index contributed by atoms with van der Waals surface area (Å²) in [5.74, 6) is 0.953.